The van der Waals surface area contributed by atoms with E-state index in [9.17, 15) is 14.5 Å². The fourth-order valence-corrected chi connectivity index (χ4v) is 3.38. The number of aromatic nitrogens is 1. The minimum Gasteiger partial charge on any atom is -0.258 e. The van der Waals surface area contributed by atoms with Gasteiger partial charge >= 0.3 is 0 Å². The Hall–Kier alpha value is -2.78. The molecule has 1 aromatic carbocycles. The highest BCUT2D eigenvalue weighted by atomic mass is 32.1. The number of fused-ring (bicyclic) bond motifs is 1. The number of hydrogen-bond acceptors (Lipinski definition) is 4. The molecule has 1 unspecified atom stereocenters. The van der Waals surface area contributed by atoms with Crippen LogP contribution >= 0.6 is 11.3 Å². The fraction of sp³-hybridized carbons (Fsp3) is 0.250. The van der Waals surface area contributed by atoms with E-state index in [0.717, 1.165) is 22.9 Å². The van der Waals surface area contributed by atoms with Gasteiger partial charge in [-0.1, -0.05) is 19.8 Å². The van der Waals surface area contributed by atoms with E-state index in [0.29, 0.717) is 11.5 Å². The highest BCUT2D eigenvalue weighted by Crippen LogP contribution is 2.32. The normalized spacial score (nSPS) is 11.3. The Bertz CT molecular complexity index is 976. The van der Waals surface area contributed by atoms with Crippen LogP contribution < -0.4 is 0 Å². The summed E-state index contributed by atoms with van der Waals surface area (Å²) in [5.74, 6) is 2.71. The van der Waals surface area contributed by atoms with Crippen LogP contribution in [0.3, 0.4) is 0 Å². The summed E-state index contributed by atoms with van der Waals surface area (Å²) in [5.41, 5.74) is 2.60. The third-order valence-corrected chi connectivity index (χ3v) is 5.20. The molecular formula is C20H19FN2O2S. The zero-order valence-electron chi connectivity index (χ0n) is 14.8. The molecule has 6 heteroatoms. The van der Waals surface area contributed by atoms with Crippen molar-refractivity contribution < 1.29 is 9.31 Å². The van der Waals surface area contributed by atoms with Gasteiger partial charge in [0.1, 0.15) is 5.82 Å². The lowest BCUT2D eigenvalue weighted by atomic mass is 9.99. The summed E-state index contributed by atoms with van der Waals surface area (Å²) < 4.78 is 13.9. The van der Waals surface area contributed by atoms with E-state index in [1.807, 2.05) is 12.3 Å². The number of aryl methyl sites for hydroxylation is 1. The molecule has 0 saturated heterocycles. The van der Waals surface area contributed by atoms with Crippen molar-refractivity contribution in [3.05, 3.63) is 68.5 Å². The molecule has 134 valence electrons. The first kappa shape index (κ1) is 19.5. The molecule has 0 aliphatic carbocycles. The summed E-state index contributed by atoms with van der Waals surface area (Å²) >= 11 is 1.67. The summed E-state index contributed by atoms with van der Waals surface area (Å²) in [4.78, 5) is 14.8. The average molecular weight is 370 g/mol. The van der Waals surface area contributed by atoms with Crippen molar-refractivity contribution in [2.75, 3.05) is 0 Å². The second kappa shape index (κ2) is 8.54. The third kappa shape index (κ3) is 4.44. The molecule has 0 aliphatic rings. The topological polar surface area (TPSA) is 56.0 Å². The van der Waals surface area contributed by atoms with Gasteiger partial charge in [0.15, 0.2) is 0 Å². The smallest absolute Gasteiger partial charge is 0.258 e. The van der Waals surface area contributed by atoms with Crippen molar-refractivity contribution >= 4 is 27.2 Å². The lowest BCUT2D eigenvalue weighted by Gasteiger charge is -2.08. The lowest BCUT2D eigenvalue weighted by molar-refractivity contribution is -0.385. The Morgan fingerprint density at radius 2 is 2.12 bits per heavy atom. The molecule has 2 heterocycles. The minimum absolute atomic E-state index is 0.215. The quantitative estimate of drug-likeness (QED) is 0.331. The molecule has 0 amide bonds. The summed E-state index contributed by atoms with van der Waals surface area (Å²) in [5, 5.41) is 10.1. The molecule has 3 aromatic rings. The molecule has 0 bridgehead atoms. The number of terminal acetylenes is 1. The van der Waals surface area contributed by atoms with Crippen molar-refractivity contribution in [1.29, 1.82) is 0 Å². The van der Waals surface area contributed by atoms with Gasteiger partial charge in [0.05, 0.1) is 26.1 Å². The molecular weight excluding hydrogens is 351 g/mol. The molecule has 26 heavy (non-hydrogen) atoms. The lowest BCUT2D eigenvalue weighted by Crippen LogP contribution is -1.91. The number of halogens is 1. The first-order valence-corrected chi connectivity index (χ1v) is 8.94. The highest BCUT2D eigenvalue weighted by molar-refractivity contribution is 7.19. The van der Waals surface area contributed by atoms with Crippen LogP contribution in [0.5, 0.6) is 0 Å². The van der Waals surface area contributed by atoms with Crippen LogP contribution in [0.1, 0.15) is 42.2 Å². The van der Waals surface area contributed by atoms with E-state index < -0.39 is 10.7 Å². The number of nitro groups is 1. The molecule has 0 fully saturated rings. The predicted molar refractivity (Wildman–Crippen MR) is 104 cm³/mol. The van der Waals surface area contributed by atoms with Crippen LogP contribution in [0.4, 0.5) is 10.1 Å². The number of thiophene rings is 1. The molecule has 0 spiro atoms. The van der Waals surface area contributed by atoms with Gasteiger partial charge in [-0.25, -0.2) is 4.39 Å². The van der Waals surface area contributed by atoms with Gasteiger partial charge in [0.2, 0.25) is 0 Å². The second-order valence-corrected chi connectivity index (χ2v) is 6.92. The molecule has 0 aliphatic heterocycles. The number of pyridine rings is 1. The maximum Gasteiger partial charge on any atom is 0.272 e. The van der Waals surface area contributed by atoms with E-state index >= 15 is 0 Å². The van der Waals surface area contributed by atoms with E-state index in [4.69, 9.17) is 6.42 Å². The van der Waals surface area contributed by atoms with Gasteiger partial charge < -0.3 is 0 Å². The minimum atomic E-state index is -0.622. The van der Waals surface area contributed by atoms with Gasteiger partial charge in [-0.15, -0.1) is 17.8 Å². The number of rotatable bonds is 3. The van der Waals surface area contributed by atoms with Crippen LogP contribution in [0.15, 0.2) is 36.5 Å². The van der Waals surface area contributed by atoms with Gasteiger partial charge in [-0.3, -0.25) is 15.1 Å². The maximum absolute atomic E-state index is 12.6. The maximum atomic E-state index is 12.6. The Morgan fingerprint density at radius 3 is 2.69 bits per heavy atom. The van der Waals surface area contributed by atoms with E-state index in [-0.39, 0.29) is 5.69 Å². The van der Waals surface area contributed by atoms with Crippen molar-refractivity contribution in [2.24, 2.45) is 0 Å². The van der Waals surface area contributed by atoms with Crippen LogP contribution in [0.25, 0.3) is 10.2 Å². The van der Waals surface area contributed by atoms with Crippen LogP contribution in [-0.4, -0.2) is 9.91 Å². The summed E-state index contributed by atoms with van der Waals surface area (Å²) in [6, 6.07) is 7.67. The Labute approximate surface area is 155 Å². The van der Waals surface area contributed by atoms with Crippen LogP contribution in [0.2, 0.25) is 0 Å². The summed E-state index contributed by atoms with van der Waals surface area (Å²) in [6.45, 7) is 6.00. The SMILES string of the molecule is C#Cc1cc2nccc(C(C)CC)c2s1.Cc1ccc([N+](=O)[O-])cc1F. The standard InChI is InChI=1S/C13H13NS.C7H6FNO2/c1-4-9(3)11-6-7-14-12-8-10(5-2)15-13(11)12;1-5-2-3-6(9(10)11)4-7(5)8/h2,6-9H,4H2,1,3H3;2-4H,1H3. The van der Waals surface area contributed by atoms with Crippen LogP contribution in [0, 0.1) is 35.2 Å². The van der Waals surface area contributed by atoms with Crippen molar-refractivity contribution in [3.8, 4) is 12.3 Å². The second-order valence-electron chi connectivity index (χ2n) is 5.87. The van der Waals surface area contributed by atoms with Crippen LogP contribution in [-0.2, 0) is 0 Å². The molecule has 0 radical (unpaired) electrons. The zero-order valence-corrected chi connectivity index (χ0v) is 15.6. The molecule has 0 N–H and O–H groups in total. The zero-order chi connectivity index (χ0) is 19.3. The monoisotopic (exact) mass is 370 g/mol. The third-order valence-electron chi connectivity index (χ3n) is 4.09. The molecule has 3 rings (SSSR count). The number of benzene rings is 1. The molecule has 4 nitrogen and oxygen atoms in total. The number of non-ortho nitro benzene ring substituents is 1. The van der Waals surface area contributed by atoms with E-state index in [1.165, 1.54) is 22.4 Å². The van der Waals surface area contributed by atoms with Gasteiger partial charge in [-0.05, 0) is 48.6 Å². The predicted octanol–water partition coefficient (Wildman–Crippen LogP) is 5.83. The molecule has 0 saturated carbocycles. The summed E-state index contributed by atoms with van der Waals surface area (Å²) in [6.07, 6.45) is 8.42. The summed E-state index contributed by atoms with van der Waals surface area (Å²) in [7, 11) is 0. The molecule has 2 aromatic heterocycles. The van der Waals surface area contributed by atoms with E-state index in [1.54, 1.807) is 18.3 Å². The molecule has 1 atom stereocenters. The Balaban J connectivity index is 0.000000197. The van der Waals surface area contributed by atoms with E-state index in [2.05, 4.69) is 30.8 Å². The van der Waals surface area contributed by atoms with Crippen molar-refractivity contribution in [3.63, 3.8) is 0 Å². The largest absolute Gasteiger partial charge is 0.272 e. The Morgan fingerprint density at radius 1 is 1.38 bits per heavy atom. The fourth-order valence-electron chi connectivity index (χ4n) is 2.33. The van der Waals surface area contributed by atoms with Gasteiger partial charge in [0, 0.05) is 12.3 Å². The van der Waals surface area contributed by atoms with Gasteiger partial charge in [0.25, 0.3) is 5.69 Å². The number of nitrogens with zero attached hydrogens (tertiary/aromatic N) is 2. The first-order chi connectivity index (χ1) is 12.4. The van der Waals surface area contributed by atoms with Crippen molar-refractivity contribution in [2.45, 2.75) is 33.1 Å². The van der Waals surface area contributed by atoms with Crippen molar-refractivity contribution in [1.82, 2.24) is 4.98 Å². The van der Waals surface area contributed by atoms with Gasteiger partial charge in [-0.2, -0.15) is 0 Å². The Kier molecular flexibility index (Phi) is 6.42. The average Bonchev–Trinajstić information content (AvgIpc) is 3.07. The highest BCUT2D eigenvalue weighted by Gasteiger charge is 2.10. The number of nitro benzene ring substituents is 1. The first-order valence-electron chi connectivity index (χ1n) is 8.13. The number of hydrogen-bond donors (Lipinski definition) is 0.